The average molecular weight is 207 g/mol. The summed E-state index contributed by atoms with van der Waals surface area (Å²) in [4.78, 5) is 4.37. The molecule has 0 aliphatic heterocycles. The average Bonchev–Trinajstić information content (AvgIpc) is 2.17. The fourth-order valence-electron chi connectivity index (χ4n) is 1.31. The number of anilines is 1. The second-order valence-corrected chi connectivity index (χ2v) is 4.19. The van der Waals surface area contributed by atoms with Crippen LogP contribution in [0, 0.1) is 12.8 Å². The minimum absolute atomic E-state index is 0.710. The molecule has 3 heteroatoms. The molecule has 0 amide bonds. The molecule has 2 N–H and O–H groups in total. The summed E-state index contributed by atoms with van der Waals surface area (Å²) in [7, 11) is 0. The minimum Gasteiger partial charge on any atom is -0.369 e. The van der Waals surface area contributed by atoms with Crippen LogP contribution in [0.5, 0.6) is 0 Å². The van der Waals surface area contributed by atoms with E-state index in [0.29, 0.717) is 5.92 Å². The zero-order valence-corrected chi connectivity index (χ0v) is 9.88. The fourth-order valence-corrected chi connectivity index (χ4v) is 1.31. The van der Waals surface area contributed by atoms with Gasteiger partial charge in [0.15, 0.2) is 0 Å². The lowest BCUT2D eigenvalue weighted by atomic mass is 10.2. The molecule has 0 aliphatic carbocycles. The van der Waals surface area contributed by atoms with Gasteiger partial charge in [-0.15, -0.1) is 0 Å². The SMILES string of the molecule is Cc1cccc(NCCNCC(C)C)n1. The van der Waals surface area contributed by atoms with Crippen molar-refractivity contribution in [1.29, 1.82) is 0 Å². The van der Waals surface area contributed by atoms with Crippen LogP contribution in [0.1, 0.15) is 19.5 Å². The quantitative estimate of drug-likeness (QED) is 0.701. The maximum absolute atomic E-state index is 4.37. The Morgan fingerprint density at radius 2 is 2.07 bits per heavy atom. The van der Waals surface area contributed by atoms with Crippen molar-refractivity contribution in [3.63, 3.8) is 0 Å². The molecule has 0 fully saturated rings. The number of nitrogens with one attached hydrogen (secondary N) is 2. The lowest BCUT2D eigenvalue weighted by Crippen LogP contribution is -2.25. The molecule has 0 radical (unpaired) electrons. The van der Waals surface area contributed by atoms with E-state index in [1.54, 1.807) is 0 Å². The Labute approximate surface area is 92.3 Å². The van der Waals surface area contributed by atoms with Gasteiger partial charge >= 0.3 is 0 Å². The van der Waals surface area contributed by atoms with E-state index < -0.39 is 0 Å². The first-order valence-electron chi connectivity index (χ1n) is 5.56. The lowest BCUT2D eigenvalue weighted by molar-refractivity contribution is 0.561. The lowest BCUT2D eigenvalue weighted by Gasteiger charge is -2.09. The van der Waals surface area contributed by atoms with Gasteiger partial charge in [0.25, 0.3) is 0 Å². The number of aryl methyl sites for hydroxylation is 1. The molecule has 84 valence electrons. The maximum atomic E-state index is 4.37. The highest BCUT2D eigenvalue weighted by Crippen LogP contribution is 2.02. The largest absolute Gasteiger partial charge is 0.369 e. The van der Waals surface area contributed by atoms with E-state index in [-0.39, 0.29) is 0 Å². The second kappa shape index (κ2) is 6.40. The summed E-state index contributed by atoms with van der Waals surface area (Å²) < 4.78 is 0. The smallest absolute Gasteiger partial charge is 0.126 e. The van der Waals surface area contributed by atoms with Crippen molar-refractivity contribution in [2.75, 3.05) is 25.0 Å². The third-order valence-corrected chi connectivity index (χ3v) is 2.05. The van der Waals surface area contributed by atoms with E-state index in [0.717, 1.165) is 31.1 Å². The summed E-state index contributed by atoms with van der Waals surface area (Å²) in [5, 5.41) is 6.67. The van der Waals surface area contributed by atoms with E-state index >= 15 is 0 Å². The van der Waals surface area contributed by atoms with E-state index in [4.69, 9.17) is 0 Å². The normalized spacial score (nSPS) is 10.7. The molecule has 0 aromatic carbocycles. The van der Waals surface area contributed by atoms with Gasteiger partial charge in [-0.3, -0.25) is 0 Å². The summed E-state index contributed by atoms with van der Waals surface area (Å²) in [6, 6.07) is 6.02. The molecule has 0 saturated carbocycles. The van der Waals surface area contributed by atoms with Crippen LogP contribution < -0.4 is 10.6 Å². The molecule has 0 unspecified atom stereocenters. The molecule has 0 saturated heterocycles. The third-order valence-electron chi connectivity index (χ3n) is 2.05. The van der Waals surface area contributed by atoms with Crippen LogP contribution in [0.4, 0.5) is 5.82 Å². The van der Waals surface area contributed by atoms with Crippen molar-refractivity contribution >= 4 is 5.82 Å². The standard InChI is InChI=1S/C12H21N3/c1-10(2)9-13-7-8-14-12-6-4-5-11(3)15-12/h4-6,10,13H,7-9H2,1-3H3,(H,14,15). The molecule has 15 heavy (non-hydrogen) atoms. The van der Waals surface area contributed by atoms with Crippen LogP contribution in [0.25, 0.3) is 0 Å². The summed E-state index contributed by atoms with van der Waals surface area (Å²) in [6.07, 6.45) is 0. The maximum Gasteiger partial charge on any atom is 0.126 e. The molecule has 1 rings (SSSR count). The second-order valence-electron chi connectivity index (χ2n) is 4.19. The highest BCUT2D eigenvalue weighted by molar-refractivity contribution is 5.34. The number of pyridine rings is 1. The van der Waals surface area contributed by atoms with Crippen molar-refractivity contribution < 1.29 is 0 Å². The van der Waals surface area contributed by atoms with Crippen molar-refractivity contribution in [2.45, 2.75) is 20.8 Å². The number of nitrogens with zero attached hydrogens (tertiary/aromatic N) is 1. The van der Waals surface area contributed by atoms with Gasteiger partial charge in [-0.05, 0) is 31.5 Å². The summed E-state index contributed by atoms with van der Waals surface area (Å²) in [6.45, 7) is 9.40. The number of hydrogen-bond acceptors (Lipinski definition) is 3. The predicted molar refractivity (Wildman–Crippen MR) is 65.2 cm³/mol. The summed E-state index contributed by atoms with van der Waals surface area (Å²) >= 11 is 0. The van der Waals surface area contributed by atoms with Gasteiger partial charge in [-0.1, -0.05) is 19.9 Å². The third kappa shape index (κ3) is 5.37. The van der Waals surface area contributed by atoms with Crippen molar-refractivity contribution in [3.8, 4) is 0 Å². The molecule has 1 heterocycles. The Bertz CT molecular complexity index is 284. The van der Waals surface area contributed by atoms with Crippen molar-refractivity contribution in [1.82, 2.24) is 10.3 Å². The highest BCUT2D eigenvalue weighted by Gasteiger charge is 1.94. The minimum atomic E-state index is 0.710. The predicted octanol–water partition coefficient (Wildman–Crippen LogP) is 2.05. The molecule has 0 spiro atoms. The Balaban J connectivity index is 2.15. The zero-order valence-electron chi connectivity index (χ0n) is 9.88. The van der Waals surface area contributed by atoms with Crippen LogP contribution in [0.3, 0.4) is 0 Å². The first-order valence-corrected chi connectivity index (χ1v) is 5.56. The summed E-state index contributed by atoms with van der Waals surface area (Å²) in [5.41, 5.74) is 1.05. The van der Waals surface area contributed by atoms with E-state index in [2.05, 4.69) is 29.5 Å². The molecule has 3 nitrogen and oxygen atoms in total. The monoisotopic (exact) mass is 207 g/mol. The molecule has 0 atom stereocenters. The van der Waals surface area contributed by atoms with Gasteiger partial charge in [-0.2, -0.15) is 0 Å². The van der Waals surface area contributed by atoms with Crippen LogP contribution in [0.2, 0.25) is 0 Å². The Kier molecular flexibility index (Phi) is 5.12. The number of rotatable bonds is 6. The van der Waals surface area contributed by atoms with E-state index in [1.165, 1.54) is 0 Å². The molecule has 1 aromatic heterocycles. The van der Waals surface area contributed by atoms with E-state index in [9.17, 15) is 0 Å². The molecular formula is C12H21N3. The van der Waals surface area contributed by atoms with Crippen molar-refractivity contribution in [2.24, 2.45) is 5.92 Å². The molecule has 1 aromatic rings. The molecule has 0 aliphatic rings. The van der Waals surface area contributed by atoms with Gasteiger partial charge in [0, 0.05) is 18.8 Å². The first kappa shape index (κ1) is 12.0. The van der Waals surface area contributed by atoms with Crippen molar-refractivity contribution in [3.05, 3.63) is 23.9 Å². The fraction of sp³-hybridized carbons (Fsp3) is 0.583. The topological polar surface area (TPSA) is 37.0 Å². The Hall–Kier alpha value is -1.09. The van der Waals surface area contributed by atoms with Gasteiger partial charge in [0.2, 0.25) is 0 Å². The van der Waals surface area contributed by atoms with Gasteiger partial charge in [0.05, 0.1) is 0 Å². The number of hydrogen-bond donors (Lipinski definition) is 2. The highest BCUT2D eigenvalue weighted by atomic mass is 15.0. The van der Waals surface area contributed by atoms with Gasteiger partial charge < -0.3 is 10.6 Å². The van der Waals surface area contributed by atoms with Crippen LogP contribution >= 0.6 is 0 Å². The molecular weight excluding hydrogens is 186 g/mol. The molecule has 0 bridgehead atoms. The van der Waals surface area contributed by atoms with Gasteiger partial charge in [0.1, 0.15) is 5.82 Å². The zero-order chi connectivity index (χ0) is 11.1. The van der Waals surface area contributed by atoms with Gasteiger partial charge in [-0.25, -0.2) is 4.98 Å². The van der Waals surface area contributed by atoms with Crippen LogP contribution in [-0.2, 0) is 0 Å². The van der Waals surface area contributed by atoms with Crippen LogP contribution in [-0.4, -0.2) is 24.6 Å². The summed E-state index contributed by atoms with van der Waals surface area (Å²) in [5.74, 6) is 1.67. The van der Waals surface area contributed by atoms with Crippen LogP contribution in [0.15, 0.2) is 18.2 Å². The number of aromatic nitrogens is 1. The Morgan fingerprint density at radius 3 is 2.73 bits per heavy atom. The Morgan fingerprint density at radius 1 is 1.27 bits per heavy atom. The van der Waals surface area contributed by atoms with E-state index in [1.807, 2.05) is 25.1 Å². The first-order chi connectivity index (χ1) is 7.18.